The minimum absolute atomic E-state index is 0.0512. The van der Waals surface area contributed by atoms with Gasteiger partial charge in [-0.15, -0.1) is 0 Å². The van der Waals surface area contributed by atoms with E-state index in [9.17, 15) is 0 Å². The first kappa shape index (κ1) is 23.6. The average Bonchev–Trinajstić information content (AvgIpc) is 3.53. The molecule has 1 heterocycles. The highest BCUT2D eigenvalue weighted by molar-refractivity contribution is 6.25. The molecule has 0 N–H and O–H groups in total. The van der Waals surface area contributed by atoms with Crippen molar-refractivity contribution in [1.82, 2.24) is 0 Å². The van der Waals surface area contributed by atoms with Gasteiger partial charge in [-0.3, -0.25) is 0 Å². The van der Waals surface area contributed by atoms with Crippen LogP contribution in [0.2, 0.25) is 0 Å². The van der Waals surface area contributed by atoms with E-state index in [1.807, 2.05) is 6.07 Å². The van der Waals surface area contributed by atoms with E-state index in [0.29, 0.717) is 0 Å². The van der Waals surface area contributed by atoms with Crippen molar-refractivity contribution >= 4 is 43.5 Å². The number of benzene rings is 7. The SMILES string of the molecule is CC1(C)c2ccccc2-c2c(-c3c4ccccc4c(-c4cccc5c4oc4ccccc45)c4ccccc34)cccc21. The summed E-state index contributed by atoms with van der Waals surface area (Å²) in [5.74, 6) is 0. The third kappa shape index (κ3) is 3.03. The fourth-order valence-electron chi connectivity index (χ4n) is 7.62. The normalized spacial score (nSPS) is 13.7. The molecule has 0 aliphatic heterocycles. The van der Waals surface area contributed by atoms with E-state index in [1.54, 1.807) is 0 Å². The number of furan rings is 1. The Bertz CT molecular complexity index is 2330. The van der Waals surface area contributed by atoms with Crippen LogP contribution in [0.1, 0.15) is 25.0 Å². The molecule has 198 valence electrons. The molecule has 1 heteroatoms. The summed E-state index contributed by atoms with van der Waals surface area (Å²) in [6, 6.07) is 48.6. The molecule has 7 aromatic carbocycles. The molecule has 0 atom stereocenters. The molecule has 1 aliphatic carbocycles. The summed E-state index contributed by atoms with van der Waals surface area (Å²) in [5, 5.41) is 7.30. The number of fused-ring (bicyclic) bond motifs is 8. The second kappa shape index (κ2) is 8.44. The van der Waals surface area contributed by atoms with Crippen molar-refractivity contribution in [2.45, 2.75) is 19.3 Å². The summed E-state index contributed by atoms with van der Waals surface area (Å²) in [6.07, 6.45) is 0. The lowest BCUT2D eigenvalue weighted by Gasteiger charge is -2.22. The quantitative estimate of drug-likeness (QED) is 0.200. The maximum Gasteiger partial charge on any atom is 0.143 e. The molecule has 9 rings (SSSR count). The van der Waals surface area contributed by atoms with Gasteiger partial charge in [-0.25, -0.2) is 0 Å². The van der Waals surface area contributed by atoms with Gasteiger partial charge in [0.25, 0.3) is 0 Å². The number of para-hydroxylation sites is 2. The fraction of sp³-hybridized carbons (Fsp3) is 0.0732. The summed E-state index contributed by atoms with van der Waals surface area (Å²) in [4.78, 5) is 0. The molecule has 8 aromatic rings. The summed E-state index contributed by atoms with van der Waals surface area (Å²) in [6.45, 7) is 4.71. The lowest BCUT2D eigenvalue weighted by molar-refractivity contribution is 0.660. The standard InChI is InChI=1S/C41H28O/c1-41(2)34-22-9-7-18-31(34)39-32(20-12-23-35(39)41)37-26-14-3-5-16-28(26)38(29-17-6-4-15-27(29)37)33-21-11-19-30-25-13-8-10-24-36(25)42-40(30)33/h3-24H,1-2H3. The zero-order valence-corrected chi connectivity index (χ0v) is 23.6. The van der Waals surface area contributed by atoms with Crippen LogP contribution in [0.15, 0.2) is 138 Å². The zero-order valence-electron chi connectivity index (χ0n) is 23.6. The molecule has 0 spiro atoms. The number of hydrogen-bond donors (Lipinski definition) is 0. The van der Waals surface area contributed by atoms with Gasteiger partial charge in [-0.1, -0.05) is 141 Å². The van der Waals surface area contributed by atoms with E-state index < -0.39 is 0 Å². The second-order valence-electron chi connectivity index (χ2n) is 12.0. The molecule has 0 saturated carbocycles. The van der Waals surface area contributed by atoms with E-state index in [4.69, 9.17) is 4.42 Å². The van der Waals surface area contributed by atoms with Gasteiger partial charge >= 0.3 is 0 Å². The van der Waals surface area contributed by atoms with Crippen molar-refractivity contribution in [2.24, 2.45) is 0 Å². The Morgan fingerprint density at radius 3 is 1.57 bits per heavy atom. The Morgan fingerprint density at radius 1 is 0.381 bits per heavy atom. The monoisotopic (exact) mass is 536 g/mol. The van der Waals surface area contributed by atoms with Gasteiger partial charge in [0.1, 0.15) is 11.2 Å². The molecular formula is C41H28O. The van der Waals surface area contributed by atoms with E-state index in [-0.39, 0.29) is 5.41 Å². The third-order valence-corrected chi connectivity index (χ3v) is 9.48. The Hall–Kier alpha value is -5.14. The topological polar surface area (TPSA) is 13.1 Å². The molecule has 1 aromatic heterocycles. The Kier molecular flexibility index (Phi) is 4.73. The largest absolute Gasteiger partial charge is 0.455 e. The van der Waals surface area contributed by atoms with Gasteiger partial charge in [0.2, 0.25) is 0 Å². The molecule has 0 unspecified atom stereocenters. The molecule has 1 nitrogen and oxygen atoms in total. The molecular weight excluding hydrogens is 508 g/mol. The minimum atomic E-state index is -0.0512. The first-order valence-corrected chi connectivity index (χ1v) is 14.7. The van der Waals surface area contributed by atoms with Crippen LogP contribution in [0.4, 0.5) is 0 Å². The molecule has 0 radical (unpaired) electrons. The van der Waals surface area contributed by atoms with Crippen molar-refractivity contribution in [2.75, 3.05) is 0 Å². The van der Waals surface area contributed by atoms with Crippen molar-refractivity contribution in [3.63, 3.8) is 0 Å². The van der Waals surface area contributed by atoms with Gasteiger partial charge in [0, 0.05) is 27.3 Å². The van der Waals surface area contributed by atoms with Crippen molar-refractivity contribution in [1.29, 1.82) is 0 Å². The molecule has 0 fully saturated rings. The molecule has 1 aliphatic rings. The lowest BCUT2D eigenvalue weighted by atomic mass is 9.80. The van der Waals surface area contributed by atoms with E-state index in [2.05, 4.69) is 141 Å². The van der Waals surface area contributed by atoms with Crippen molar-refractivity contribution < 1.29 is 4.42 Å². The number of hydrogen-bond acceptors (Lipinski definition) is 1. The van der Waals surface area contributed by atoms with Crippen LogP contribution in [0.3, 0.4) is 0 Å². The average molecular weight is 537 g/mol. The molecule has 42 heavy (non-hydrogen) atoms. The minimum Gasteiger partial charge on any atom is -0.455 e. The Labute approximate surface area is 244 Å². The van der Waals surface area contributed by atoms with E-state index >= 15 is 0 Å². The van der Waals surface area contributed by atoms with Crippen LogP contribution in [0.5, 0.6) is 0 Å². The van der Waals surface area contributed by atoms with Crippen LogP contribution < -0.4 is 0 Å². The first-order chi connectivity index (χ1) is 20.6. The summed E-state index contributed by atoms with van der Waals surface area (Å²) in [7, 11) is 0. The summed E-state index contributed by atoms with van der Waals surface area (Å²) in [5.41, 5.74) is 12.3. The van der Waals surface area contributed by atoms with Gasteiger partial charge in [0.15, 0.2) is 0 Å². The highest BCUT2D eigenvalue weighted by atomic mass is 16.3. The zero-order chi connectivity index (χ0) is 28.0. The summed E-state index contributed by atoms with van der Waals surface area (Å²) < 4.78 is 6.57. The molecule has 0 amide bonds. The van der Waals surface area contributed by atoms with Crippen LogP contribution in [-0.4, -0.2) is 0 Å². The van der Waals surface area contributed by atoms with Gasteiger partial charge in [-0.2, -0.15) is 0 Å². The van der Waals surface area contributed by atoms with Crippen LogP contribution in [-0.2, 0) is 5.41 Å². The smallest absolute Gasteiger partial charge is 0.143 e. The maximum atomic E-state index is 6.57. The van der Waals surface area contributed by atoms with Crippen molar-refractivity contribution in [3.05, 3.63) is 145 Å². The predicted molar refractivity (Wildman–Crippen MR) is 177 cm³/mol. The maximum absolute atomic E-state index is 6.57. The Balaban J connectivity index is 1.44. The highest BCUT2D eigenvalue weighted by Crippen LogP contribution is 2.54. The van der Waals surface area contributed by atoms with Gasteiger partial charge in [-0.05, 0) is 61.0 Å². The van der Waals surface area contributed by atoms with Crippen LogP contribution in [0, 0.1) is 0 Å². The van der Waals surface area contributed by atoms with Crippen LogP contribution >= 0.6 is 0 Å². The highest BCUT2D eigenvalue weighted by Gasteiger charge is 2.37. The third-order valence-electron chi connectivity index (χ3n) is 9.48. The van der Waals surface area contributed by atoms with E-state index in [1.165, 1.54) is 60.5 Å². The number of rotatable bonds is 2. The lowest BCUT2D eigenvalue weighted by Crippen LogP contribution is -2.14. The first-order valence-electron chi connectivity index (χ1n) is 14.7. The fourth-order valence-corrected chi connectivity index (χ4v) is 7.62. The predicted octanol–water partition coefficient (Wildman–Crippen LogP) is 11.5. The summed E-state index contributed by atoms with van der Waals surface area (Å²) >= 11 is 0. The van der Waals surface area contributed by atoms with Crippen molar-refractivity contribution in [3.8, 4) is 33.4 Å². The van der Waals surface area contributed by atoms with Crippen LogP contribution in [0.25, 0.3) is 76.9 Å². The van der Waals surface area contributed by atoms with Gasteiger partial charge < -0.3 is 4.42 Å². The Morgan fingerprint density at radius 2 is 0.857 bits per heavy atom. The second-order valence-corrected chi connectivity index (χ2v) is 12.0. The van der Waals surface area contributed by atoms with E-state index in [0.717, 1.165) is 27.5 Å². The van der Waals surface area contributed by atoms with Gasteiger partial charge in [0.05, 0.1) is 0 Å². The molecule has 0 bridgehead atoms. The molecule has 0 saturated heterocycles.